The van der Waals surface area contributed by atoms with Crippen LogP contribution in [0.1, 0.15) is 57.3 Å². The van der Waals surface area contributed by atoms with E-state index >= 15 is 0 Å². The van der Waals surface area contributed by atoms with Gasteiger partial charge in [-0.2, -0.15) is 0 Å². The Labute approximate surface area is 105 Å². The lowest BCUT2D eigenvalue weighted by atomic mass is 9.78. The van der Waals surface area contributed by atoms with E-state index in [0.717, 1.165) is 18.4 Å². The summed E-state index contributed by atoms with van der Waals surface area (Å²) >= 11 is 0. The van der Waals surface area contributed by atoms with Crippen molar-refractivity contribution in [1.29, 1.82) is 0 Å². The largest absolute Gasteiger partial charge is 0.294 e. The highest BCUT2D eigenvalue weighted by atomic mass is 16.1. The minimum Gasteiger partial charge on any atom is -0.294 e. The highest BCUT2D eigenvalue weighted by Gasteiger charge is 2.28. The van der Waals surface area contributed by atoms with Crippen molar-refractivity contribution in [2.75, 3.05) is 0 Å². The number of rotatable bonds is 6. The van der Waals surface area contributed by atoms with Crippen molar-refractivity contribution in [3.05, 3.63) is 35.9 Å². The molecule has 0 saturated heterocycles. The molecular weight excluding hydrogens is 208 g/mol. The molecule has 0 N–H and O–H groups in total. The SMILES string of the molecule is CC[C@H](C)CCC(C)(C)C(=O)c1ccccc1. The summed E-state index contributed by atoms with van der Waals surface area (Å²) in [6, 6.07) is 9.62. The van der Waals surface area contributed by atoms with Crippen molar-refractivity contribution < 1.29 is 4.79 Å². The van der Waals surface area contributed by atoms with Gasteiger partial charge in [-0.15, -0.1) is 0 Å². The Bertz CT molecular complexity index is 351. The topological polar surface area (TPSA) is 17.1 Å². The van der Waals surface area contributed by atoms with E-state index in [0.29, 0.717) is 5.92 Å². The molecule has 0 spiro atoms. The van der Waals surface area contributed by atoms with Crippen molar-refractivity contribution in [3.8, 4) is 0 Å². The molecular formula is C16H24O. The van der Waals surface area contributed by atoms with E-state index in [-0.39, 0.29) is 11.2 Å². The Kier molecular flexibility index (Phi) is 4.92. The Balaban J connectivity index is 2.67. The summed E-state index contributed by atoms with van der Waals surface area (Å²) in [6.45, 7) is 8.58. The number of benzene rings is 1. The van der Waals surface area contributed by atoms with Crippen LogP contribution in [0.5, 0.6) is 0 Å². The molecule has 0 bridgehead atoms. The molecule has 17 heavy (non-hydrogen) atoms. The lowest BCUT2D eigenvalue weighted by Crippen LogP contribution is -2.25. The van der Waals surface area contributed by atoms with E-state index in [9.17, 15) is 4.79 Å². The van der Waals surface area contributed by atoms with Crippen LogP contribution in [0.2, 0.25) is 0 Å². The van der Waals surface area contributed by atoms with E-state index in [2.05, 4.69) is 27.7 Å². The summed E-state index contributed by atoms with van der Waals surface area (Å²) in [7, 11) is 0. The lowest BCUT2D eigenvalue weighted by molar-refractivity contribution is 0.0817. The summed E-state index contributed by atoms with van der Waals surface area (Å²) < 4.78 is 0. The van der Waals surface area contributed by atoms with E-state index < -0.39 is 0 Å². The molecule has 0 aliphatic heterocycles. The number of carbonyl (C=O) groups excluding carboxylic acids is 1. The Morgan fingerprint density at radius 2 is 1.82 bits per heavy atom. The highest BCUT2D eigenvalue weighted by molar-refractivity contribution is 5.99. The fourth-order valence-electron chi connectivity index (χ4n) is 1.91. The maximum atomic E-state index is 12.4. The second kappa shape index (κ2) is 6.00. The van der Waals surface area contributed by atoms with Gasteiger partial charge in [0.15, 0.2) is 5.78 Å². The molecule has 0 fully saturated rings. The van der Waals surface area contributed by atoms with E-state index in [1.165, 1.54) is 6.42 Å². The van der Waals surface area contributed by atoms with Crippen LogP contribution in [-0.2, 0) is 0 Å². The van der Waals surface area contributed by atoms with Gasteiger partial charge >= 0.3 is 0 Å². The fraction of sp³-hybridized carbons (Fsp3) is 0.562. The fourth-order valence-corrected chi connectivity index (χ4v) is 1.91. The van der Waals surface area contributed by atoms with Gasteiger partial charge in [0.1, 0.15) is 0 Å². The predicted octanol–water partition coefficient (Wildman–Crippen LogP) is 4.72. The van der Waals surface area contributed by atoms with Crippen LogP contribution in [0.15, 0.2) is 30.3 Å². The van der Waals surface area contributed by atoms with Gasteiger partial charge < -0.3 is 0 Å². The lowest BCUT2D eigenvalue weighted by Gasteiger charge is -2.24. The third kappa shape index (κ3) is 3.99. The minimum atomic E-state index is -0.245. The monoisotopic (exact) mass is 232 g/mol. The van der Waals surface area contributed by atoms with E-state index in [1.54, 1.807) is 0 Å². The molecule has 0 aliphatic rings. The van der Waals surface area contributed by atoms with Gasteiger partial charge in [-0.1, -0.05) is 64.4 Å². The van der Waals surface area contributed by atoms with Gasteiger partial charge in [0.05, 0.1) is 0 Å². The minimum absolute atomic E-state index is 0.245. The summed E-state index contributed by atoms with van der Waals surface area (Å²) in [6.07, 6.45) is 3.29. The first-order valence-electron chi connectivity index (χ1n) is 6.57. The molecule has 0 aliphatic carbocycles. The molecule has 0 aromatic heterocycles. The number of Topliss-reactive ketones (excluding diaryl/α,β-unsaturated/α-hetero) is 1. The molecule has 0 saturated carbocycles. The first kappa shape index (κ1) is 14.0. The zero-order chi connectivity index (χ0) is 12.9. The van der Waals surface area contributed by atoms with Crippen molar-refractivity contribution in [2.45, 2.75) is 47.0 Å². The van der Waals surface area contributed by atoms with Crippen molar-refractivity contribution in [3.63, 3.8) is 0 Å². The second-order valence-electron chi connectivity index (χ2n) is 5.63. The number of hydrogen-bond acceptors (Lipinski definition) is 1. The Hall–Kier alpha value is -1.11. The summed E-state index contributed by atoms with van der Waals surface area (Å²) in [5.41, 5.74) is 0.590. The van der Waals surface area contributed by atoms with Crippen LogP contribution in [-0.4, -0.2) is 5.78 Å². The summed E-state index contributed by atoms with van der Waals surface area (Å²) in [4.78, 5) is 12.4. The average Bonchev–Trinajstić information content (AvgIpc) is 2.36. The summed E-state index contributed by atoms with van der Waals surface area (Å²) in [5.74, 6) is 0.972. The number of hydrogen-bond donors (Lipinski definition) is 0. The van der Waals surface area contributed by atoms with Gasteiger partial charge in [0.25, 0.3) is 0 Å². The first-order valence-corrected chi connectivity index (χ1v) is 6.57. The predicted molar refractivity (Wildman–Crippen MR) is 73.2 cm³/mol. The average molecular weight is 232 g/mol. The standard InChI is InChI=1S/C16H24O/c1-5-13(2)11-12-16(3,4)15(17)14-9-7-6-8-10-14/h6-10,13H,5,11-12H2,1-4H3/t13-/m0/s1. The second-order valence-corrected chi connectivity index (χ2v) is 5.63. The zero-order valence-electron chi connectivity index (χ0n) is 11.5. The third-order valence-electron chi connectivity index (χ3n) is 3.61. The van der Waals surface area contributed by atoms with Crippen molar-refractivity contribution in [2.24, 2.45) is 11.3 Å². The van der Waals surface area contributed by atoms with Crippen LogP contribution >= 0.6 is 0 Å². The van der Waals surface area contributed by atoms with Gasteiger partial charge in [-0.05, 0) is 18.8 Å². The molecule has 0 heterocycles. The van der Waals surface area contributed by atoms with Gasteiger partial charge in [-0.25, -0.2) is 0 Å². The molecule has 0 unspecified atom stereocenters. The summed E-state index contributed by atoms with van der Waals surface area (Å²) in [5, 5.41) is 0. The Morgan fingerprint density at radius 1 is 1.24 bits per heavy atom. The molecule has 1 aromatic carbocycles. The molecule has 1 heteroatoms. The van der Waals surface area contributed by atoms with Gasteiger partial charge in [0, 0.05) is 11.0 Å². The molecule has 1 aromatic rings. The smallest absolute Gasteiger partial charge is 0.168 e. The Morgan fingerprint density at radius 3 is 2.35 bits per heavy atom. The van der Waals surface area contributed by atoms with Crippen LogP contribution in [0.4, 0.5) is 0 Å². The van der Waals surface area contributed by atoms with Crippen LogP contribution in [0.25, 0.3) is 0 Å². The molecule has 1 nitrogen and oxygen atoms in total. The van der Waals surface area contributed by atoms with E-state index in [1.807, 2.05) is 30.3 Å². The normalized spacial score (nSPS) is 13.4. The van der Waals surface area contributed by atoms with Gasteiger partial charge in [0.2, 0.25) is 0 Å². The van der Waals surface area contributed by atoms with Crippen molar-refractivity contribution in [1.82, 2.24) is 0 Å². The maximum absolute atomic E-state index is 12.4. The van der Waals surface area contributed by atoms with Gasteiger partial charge in [-0.3, -0.25) is 4.79 Å². The van der Waals surface area contributed by atoms with Crippen LogP contribution < -0.4 is 0 Å². The molecule has 1 rings (SSSR count). The molecule has 1 atom stereocenters. The van der Waals surface area contributed by atoms with Crippen LogP contribution in [0, 0.1) is 11.3 Å². The van der Waals surface area contributed by atoms with E-state index in [4.69, 9.17) is 0 Å². The zero-order valence-corrected chi connectivity index (χ0v) is 11.5. The number of carbonyl (C=O) groups is 1. The first-order chi connectivity index (χ1) is 7.97. The van der Waals surface area contributed by atoms with Crippen molar-refractivity contribution >= 4 is 5.78 Å². The molecule has 0 amide bonds. The van der Waals surface area contributed by atoms with Crippen LogP contribution in [0.3, 0.4) is 0 Å². The maximum Gasteiger partial charge on any atom is 0.168 e. The third-order valence-corrected chi connectivity index (χ3v) is 3.61. The quantitative estimate of drug-likeness (QED) is 0.648. The number of ketones is 1. The molecule has 0 radical (unpaired) electrons. The highest BCUT2D eigenvalue weighted by Crippen LogP contribution is 2.29. The molecule has 94 valence electrons.